The van der Waals surface area contributed by atoms with Crippen molar-refractivity contribution in [2.75, 3.05) is 31.4 Å². The monoisotopic (exact) mass is 404 g/mol. The Kier molecular flexibility index (Phi) is 6.64. The third-order valence-electron chi connectivity index (χ3n) is 4.43. The summed E-state index contributed by atoms with van der Waals surface area (Å²) in [7, 11) is 3.47. The molecule has 1 heterocycles. The van der Waals surface area contributed by atoms with Gasteiger partial charge in [-0.1, -0.05) is 30.3 Å². The third-order valence-corrected chi connectivity index (χ3v) is 4.43. The second kappa shape index (κ2) is 9.56. The van der Waals surface area contributed by atoms with Gasteiger partial charge in [0.15, 0.2) is 5.78 Å². The SMILES string of the molecule is CCOc1nc(N)nc(N(C)c2ccc(OC)cc2)c1/C=C/C(=O)c1ccccc1. The van der Waals surface area contributed by atoms with Crippen LogP contribution in [0.4, 0.5) is 17.5 Å². The van der Waals surface area contributed by atoms with E-state index in [1.807, 2.05) is 61.3 Å². The predicted octanol–water partition coefficient (Wildman–Crippen LogP) is 4.13. The van der Waals surface area contributed by atoms with Crippen LogP contribution < -0.4 is 20.1 Å². The van der Waals surface area contributed by atoms with Gasteiger partial charge in [-0.3, -0.25) is 4.79 Å². The van der Waals surface area contributed by atoms with Crippen LogP contribution in [0.25, 0.3) is 6.08 Å². The van der Waals surface area contributed by atoms with Crippen LogP contribution in [0.1, 0.15) is 22.8 Å². The number of nitrogens with zero attached hydrogens (tertiary/aromatic N) is 3. The Hall–Kier alpha value is -3.87. The number of hydrogen-bond acceptors (Lipinski definition) is 7. The third kappa shape index (κ3) is 4.75. The molecule has 0 saturated carbocycles. The molecule has 154 valence electrons. The number of methoxy groups -OCH3 is 1. The molecule has 2 aromatic carbocycles. The van der Waals surface area contributed by atoms with E-state index in [2.05, 4.69) is 9.97 Å². The second-order valence-corrected chi connectivity index (χ2v) is 6.38. The van der Waals surface area contributed by atoms with Gasteiger partial charge in [-0.2, -0.15) is 9.97 Å². The van der Waals surface area contributed by atoms with Crippen molar-refractivity contribution in [1.29, 1.82) is 0 Å². The van der Waals surface area contributed by atoms with Crippen molar-refractivity contribution in [2.24, 2.45) is 0 Å². The Morgan fingerprint density at radius 1 is 1.10 bits per heavy atom. The van der Waals surface area contributed by atoms with E-state index in [9.17, 15) is 4.79 Å². The molecule has 0 fully saturated rings. The van der Waals surface area contributed by atoms with Crippen molar-refractivity contribution in [3.8, 4) is 11.6 Å². The van der Waals surface area contributed by atoms with Gasteiger partial charge in [0.25, 0.3) is 0 Å². The van der Waals surface area contributed by atoms with Gasteiger partial charge in [0.2, 0.25) is 11.8 Å². The number of hydrogen-bond donors (Lipinski definition) is 1. The lowest BCUT2D eigenvalue weighted by Gasteiger charge is -2.22. The Morgan fingerprint density at radius 3 is 2.43 bits per heavy atom. The van der Waals surface area contributed by atoms with Crippen molar-refractivity contribution in [1.82, 2.24) is 9.97 Å². The lowest BCUT2D eigenvalue weighted by Crippen LogP contribution is -2.16. The van der Waals surface area contributed by atoms with E-state index in [0.29, 0.717) is 29.4 Å². The Labute approximate surface area is 175 Å². The number of carbonyl (C=O) groups excluding carboxylic acids is 1. The topological polar surface area (TPSA) is 90.6 Å². The van der Waals surface area contributed by atoms with Gasteiger partial charge in [0.1, 0.15) is 11.6 Å². The molecule has 3 aromatic rings. The number of carbonyl (C=O) groups is 1. The number of aromatic nitrogens is 2. The first-order chi connectivity index (χ1) is 14.5. The number of rotatable bonds is 8. The minimum Gasteiger partial charge on any atom is -0.497 e. The summed E-state index contributed by atoms with van der Waals surface area (Å²) in [5.74, 6) is 1.54. The van der Waals surface area contributed by atoms with Gasteiger partial charge in [-0.25, -0.2) is 0 Å². The predicted molar refractivity (Wildman–Crippen MR) is 118 cm³/mol. The summed E-state index contributed by atoms with van der Waals surface area (Å²) in [5, 5.41) is 0. The number of allylic oxidation sites excluding steroid dienone is 1. The summed E-state index contributed by atoms with van der Waals surface area (Å²) >= 11 is 0. The molecule has 1 aromatic heterocycles. The largest absolute Gasteiger partial charge is 0.497 e. The highest BCUT2D eigenvalue weighted by Gasteiger charge is 2.18. The van der Waals surface area contributed by atoms with Crippen molar-refractivity contribution >= 4 is 29.3 Å². The highest BCUT2D eigenvalue weighted by atomic mass is 16.5. The van der Waals surface area contributed by atoms with E-state index in [4.69, 9.17) is 15.2 Å². The molecule has 7 nitrogen and oxygen atoms in total. The number of nitrogens with two attached hydrogens (primary N) is 1. The number of benzene rings is 2. The molecular weight excluding hydrogens is 380 g/mol. The zero-order valence-corrected chi connectivity index (χ0v) is 17.2. The van der Waals surface area contributed by atoms with Gasteiger partial charge in [-0.05, 0) is 43.3 Å². The fourth-order valence-corrected chi connectivity index (χ4v) is 2.89. The van der Waals surface area contributed by atoms with Crippen LogP contribution in [0.5, 0.6) is 11.6 Å². The zero-order valence-electron chi connectivity index (χ0n) is 17.2. The van der Waals surface area contributed by atoms with E-state index >= 15 is 0 Å². The maximum atomic E-state index is 12.6. The summed E-state index contributed by atoms with van der Waals surface area (Å²) in [4.78, 5) is 23.0. The fourth-order valence-electron chi connectivity index (χ4n) is 2.89. The van der Waals surface area contributed by atoms with E-state index in [0.717, 1.165) is 11.4 Å². The minimum absolute atomic E-state index is 0.0837. The van der Waals surface area contributed by atoms with E-state index in [-0.39, 0.29) is 11.7 Å². The van der Waals surface area contributed by atoms with E-state index in [1.165, 1.54) is 6.08 Å². The smallest absolute Gasteiger partial charge is 0.227 e. The molecule has 0 aliphatic rings. The number of ether oxygens (including phenoxy) is 2. The molecule has 0 atom stereocenters. The first kappa shape index (κ1) is 20.9. The van der Waals surface area contributed by atoms with E-state index < -0.39 is 0 Å². The van der Waals surface area contributed by atoms with Crippen LogP contribution in [-0.4, -0.2) is 36.5 Å². The molecule has 0 aliphatic heterocycles. The van der Waals surface area contributed by atoms with Crippen LogP contribution in [0, 0.1) is 0 Å². The first-order valence-electron chi connectivity index (χ1n) is 9.49. The molecule has 3 rings (SSSR count). The van der Waals surface area contributed by atoms with Crippen LogP contribution in [0.2, 0.25) is 0 Å². The normalized spacial score (nSPS) is 10.8. The molecule has 0 saturated heterocycles. The van der Waals surface area contributed by atoms with Gasteiger partial charge in [0, 0.05) is 18.3 Å². The lowest BCUT2D eigenvalue weighted by atomic mass is 10.1. The molecule has 0 unspecified atom stereocenters. The quantitative estimate of drug-likeness (QED) is 0.446. The van der Waals surface area contributed by atoms with E-state index in [1.54, 1.807) is 25.3 Å². The van der Waals surface area contributed by atoms with Gasteiger partial charge >= 0.3 is 0 Å². The van der Waals surface area contributed by atoms with Crippen LogP contribution in [-0.2, 0) is 0 Å². The highest BCUT2D eigenvalue weighted by molar-refractivity contribution is 6.07. The Balaban J connectivity index is 2.03. The van der Waals surface area contributed by atoms with Crippen molar-refractivity contribution < 1.29 is 14.3 Å². The van der Waals surface area contributed by atoms with Gasteiger partial charge in [-0.15, -0.1) is 0 Å². The van der Waals surface area contributed by atoms with Crippen LogP contribution in [0.15, 0.2) is 60.7 Å². The Bertz CT molecular complexity index is 1030. The molecule has 0 amide bonds. The van der Waals surface area contributed by atoms with Crippen molar-refractivity contribution in [2.45, 2.75) is 6.92 Å². The molecule has 0 aliphatic carbocycles. The maximum absolute atomic E-state index is 12.6. The summed E-state index contributed by atoms with van der Waals surface area (Å²) < 4.78 is 10.9. The van der Waals surface area contributed by atoms with Crippen LogP contribution in [0.3, 0.4) is 0 Å². The molecule has 7 heteroatoms. The first-order valence-corrected chi connectivity index (χ1v) is 9.49. The molecule has 0 radical (unpaired) electrons. The minimum atomic E-state index is -0.132. The summed E-state index contributed by atoms with van der Waals surface area (Å²) in [6, 6.07) is 16.6. The van der Waals surface area contributed by atoms with Gasteiger partial charge < -0.3 is 20.1 Å². The molecule has 0 bridgehead atoms. The highest BCUT2D eigenvalue weighted by Crippen LogP contribution is 2.33. The average Bonchev–Trinajstić information content (AvgIpc) is 2.78. The molecule has 2 N–H and O–H groups in total. The average molecular weight is 404 g/mol. The number of ketones is 1. The van der Waals surface area contributed by atoms with Gasteiger partial charge in [0.05, 0.1) is 19.3 Å². The molecule has 0 spiro atoms. The zero-order chi connectivity index (χ0) is 21.5. The summed E-state index contributed by atoms with van der Waals surface area (Å²) in [6.07, 6.45) is 3.15. The van der Waals surface area contributed by atoms with Crippen LogP contribution >= 0.6 is 0 Å². The van der Waals surface area contributed by atoms with Crippen molar-refractivity contribution in [3.63, 3.8) is 0 Å². The molecular formula is C23H24N4O3. The lowest BCUT2D eigenvalue weighted by molar-refractivity contribution is 0.104. The molecule has 30 heavy (non-hydrogen) atoms. The number of anilines is 3. The fraction of sp³-hybridized carbons (Fsp3) is 0.174. The summed E-state index contributed by atoms with van der Waals surface area (Å²) in [5.41, 5.74) is 7.94. The Morgan fingerprint density at radius 2 is 1.80 bits per heavy atom. The summed E-state index contributed by atoms with van der Waals surface area (Å²) in [6.45, 7) is 2.25. The van der Waals surface area contributed by atoms with Crippen molar-refractivity contribution in [3.05, 3.63) is 71.8 Å². The standard InChI is InChI=1S/C23H24N4O3/c1-4-30-22-19(14-15-20(28)16-8-6-5-7-9-16)21(25-23(24)26-22)27(2)17-10-12-18(29-3)13-11-17/h5-15H,4H2,1-3H3,(H2,24,25,26)/b15-14+. The number of nitrogen functional groups attached to an aromatic ring is 1. The second-order valence-electron chi connectivity index (χ2n) is 6.38. The maximum Gasteiger partial charge on any atom is 0.227 e.